The number of hydrogen-bond acceptors (Lipinski definition) is 6. The van der Waals surface area contributed by atoms with E-state index in [4.69, 9.17) is 4.74 Å². The molecule has 1 aliphatic carbocycles. The van der Waals surface area contributed by atoms with Crippen LogP contribution in [0.25, 0.3) is 11.0 Å². The predicted octanol–water partition coefficient (Wildman–Crippen LogP) is 2.82. The average molecular weight is 391 g/mol. The summed E-state index contributed by atoms with van der Waals surface area (Å²) >= 11 is 0. The van der Waals surface area contributed by atoms with Crippen molar-refractivity contribution in [1.29, 1.82) is 0 Å². The first kappa shape index (κ1) is 17.2. The number of β-amino-alcohol motifs (C(OH)–C–C–N with tert-alkyl or cyclic N) is 1. The lowest BCUT2D eigenvalue weighted by Gasteiger charge is -2.39. The summed E-state index contributed by atoms with van der Waals surface area (Å²) in [7, 11) is 0. The topological polar surface area (TPSA) is 86.3 Å². The second kappa shape index (κ2) is 6.71. The van der Waals surface area contributed by atoms with Gasteiger partial charge in [-0.3, -0.25) is 4.90 Å². The van der Waals surface area contributed by atoms with E-state index in [1.165, 1.54) is 18.5 Å². The molecular formula is C22H25N5O2. The third-order valence-corrected chi connectivity index (χ3v) is 6.47. The molecule has 1 aromatic carbocycles. The summed E-state index contributed by atoms with van der Waals surface area (Å²) in [6.45, 7) is 2.16. The van der Waals surface area contributed by atoms with Crippen molar-refractivity contribution in [2.24, 2.45) is 0 Å². The highest BCUT2D eigenvalue weighted by molar-refractivity contribution is 5.88. The molecule has 150 valence electrons. The zero-order valence-corrected chi connectivity index (χ0v) is 16.2. The number of aromatic amines is 1. The van der Waals surface area contributed by atoms with Crippen LogP contribution in [-0.2, 0) is 0 Å². The third kappa shape index (κ3) is 3.05. The average Bonchev–Trinajstić information content (AvgIpc) is 3.35. The quantitative estimate of drug-likeness (QED) is 0.634. The Hall–Kier alpha value is -2.64. The summed E-state index contributed by atoms with van der Waals surface area (Å²) in [4.78, 5) is 14.8. The molecule has 4 heterocycles. The van der Waals surface area contributed by atoms with Crippen LogP contribution in [0.1, 0.15) is 42.5 Å². The number of nitrogens with zero attached hydrogens (tertiary/aromatic N) is 3. The minimum absolute atomic E-state index is 0.0302. The Morgan fingerprint density at radius 2 is 2.07 bits per heavy atom. The van der Waals surface area contributed by atoms with E-state index in [-0.39, 0.29) is 18.2 Å². The maximum atomic E-state index is 10.1. The Morgan fingerprint density at radius 1 is 1.17 bits per heavy atom. The molecule has 3 N–H and O–H groups in total. The van der Waals surface area contributed by atoms with E-state index >= 15 is 0 Å². The van der Waals surface area contributed by atoms with Crippen LogP contribution in [-0.4, -0.2) is 56.8 Å². The molecule has 0 bridgehead atoms. The third-order valence-electron chi connectivity index (χ3n) is 6.47. The molecule has 7 heteroatoms. The molecule has 1 saturated heterocycles. The maximum Gasteiger partial charge on any atom is 0.143 e. The van der Waals surface area contributed by atoms with Gasteiger partial charge in [0.15, 0.2) is 0 Å². The van der Waals surface area contributed by atoms with Crippen LogP contribution in [0.15, 0.2) is 36.7 Å². The number of likely N-dealkylation sites (tertiary alicyclic amines) is 1. The number of aromatic nitrogens is 3. The smallest absolute Gasteiger partial charge is 0.143 e. The number of rotatable bonds is 4. The highest BCUT2D eigenvalue weighted by Crippen LogP contribution is 2.42. The van der Waals surface area contributed by atoms with Crippen LogP contribution in [0.5, 0.6) is 5.75 Å². The molecule has 7 nitrogen and oxygen atoms in total. The van der Waals surface area contributed by atoms with Gasteiger partial charge in [0.2, 0.25) is 0 Å². The van der Waals surface area contributed by atoms with Crippen molar-refractivity contribution < 1.29 is 9.84 Å². The van der Waals surface area contributed by atoms with Crippen LogP contribution in [0.2, 0.25) is 0 Å². The van der Waals surface area contributed by atoms with Gasteiger partial charge in [0.05, 0.1) is 23.6 Å². The zero-order valence-electron chi connectivity index (χ0n) is 16.2. The van der Waals surface area contributed by atoms with Gasteiger partial charge in [-0.1, -0.05) is 18.2 Å². The first-order chi connectivity index (χ1) is 14.3. The molecule has 3 aliphatic rings. The number of aliphatic hydroxyl groups excluding tert-OH is 1. The standard InChI is InChI=1S/C22H25N5O2/c28-14-7-8-27(10-14)18-11-29-19-4-2-1-3-15(19)20(18)26-22-16-9-17(13-5-6-13)25-21(16)23-12-24-22/h1-4,9,12-14,18,20,28H,5-8,10-11H2,(H2,23,24,25,26). The largest absolute Gasteiger partial charge is 0.491 e. The molecule has 3 atom stereocenters. The van der Waals surface area contributed by atoms with Crippen LogP contribution in [0, 0.1) is 0 Å². The molecule has 0 amide bonds. The lowest BCUT2D eigenvalue weighted by molar-refractivity contribution is 0.105. The fourth-order valence-corrected chi connectivity index (χ4v) is 4.74. The molecule has 2 aliphatic heterocycles. The number of aliphatic hydroxyl groups is 1. The molecular weight excluding hydrogens is 366 g/mol. The summed E-state index contributed by atoms with van der Waals surface area (Å²) < 4.78 is 6.08. The van der Waals surface area contributed by atoms with Crippen molar-refractivity contribution >= 4 is 16.9 Å². The lowest BCUT2D eigenvalue weighted by atomic mass is 9.95. The Morgan fingerprint density at radius 3 is 2.90 bits per heavy atom. The van der Waals surface area contributed by atoms with E-state index in [1.807, 2.05) is 12.1 Å². The van der Waals surface area contributed by atoms with E-state index in [2.05, 4.69) is 43.4 Å². The highest BCUT2D eigenvalue weighted by atomic mass is 16.5. The molecule has 6 rings (SSSR count). The second-order valence-corrected chi connectivity index (χ2v) is 8.46. The number of anilines is 1. The predicted molar refractivity (Wildman–Crippen MR) is 110 cm³/mol. The van der Waals surface area contributed by atoms with Gasteiger partial charge in [-0.25, -0.2) is 9.97 Å². The van der Waals surface area contributed by atoms with Crippen molar-refractivity contribution in [3.8, 4) is 5.75 Å². The number of benzene rings is 1. The van der Waals surface area contributed by atoms with Crippen molar-refractivity contribution in [3.05, 3.63) is 47.9 Å². The number of hydrogen-bond donors (Lipinski definition) is 3. The molecule has 3 aromatic rings. The minimum Gasteiger partial charge on any atom is -0.491 e. The SMILES string of the molecule is OC1CCN(C2COc3ccccc3C2Nc2ncnc3[nH]c(C4CC4)cc23)C1. The first-order valence-electron chi connectivity index (χ1n) is 10.5. The summed E-state index contributed by atoms with van der Waals surface area (Å²) in [6, 6.07) is 10.6. The van der Waals surface area contributed by atoms with Crippen molar-refractivity contribution in [1.82, 2.24) is 19.9 Å². The number of nitrogens with one attached hydrogen (secondary N) is 2. The van der Waals surface area contributed by atoms with E-state index in [0.29, 0.717) is 19.1 Å². The van der Waals surface area contributed by atoms with Crippen LogP contribution >= 0.6 is 0 Å². The van der Waals surface area contributed by atoms with Gasteiger partial charge in [-0.15, -0.1) is 0 Å². The van der Waals surface area contributed by atoms with Gasteiger partial charge in [-0.2, -0.15) is 0 Å². The summed E-state index contributed by atoms with van der Waals surface area (Å²) in [5, 5.41) is 14.8. The van der Waals surface area contributed by atoms with Gasteiger partial charge in [0, 0.05) is 24.3 Å². The normalized spacial score (nSPS) is 27.0. The number of ether oxygens (including phenoxy) is 1. The molecule has 0 radical (unpaired) electrons. The Kier molecular flexibility index (Phi) is 3.99. The number of H-pyrrole nitrogens is 1. The summed E-state index contributed by atoms with van der Waals surface area (Å²) in [5.74, 6) is 2.41. The van der Waals surface area contributed by atoms with Gasteiger partial charge < -0.3 is 20.1 Å². The Bertz CT molecular complexity index is 1050. The van der Waals surface area contributed by atoms with Crippen LogP contribution in [0.3, 0.4) is 0 Å². The van der Waals surface area contributed by atoms with Gasteiger partial charge in [0.25, 0.3) is 0 Å². The molecule has 2 fully saturated rings. The monoisotopic (exact) mass is 391 g/mol. The van der Waals surface area contributed by atoms with Crippen molar-refractivity contribution in [2.45, 2.75) is 43.4 Å². The van der Waals surface area contributed by atoms with Crippen LogP contribution < -0.4 is 10.1 Å². The fourth-order valence-electron chi connectivity index (χ4n) is 4.74. The Labute approximate surface area is 169 Å². The molecule has 3 unspecified atom stereocenters. The number of fused-ring (bicyclic) bond motifs is 2. The number of para-hydroxylation sites is 1. The van der Waals surface area contributed by atoms with Crippen LogP contribution in [0.4, 0.5) is 5.82 Å². The maximum absolute atomic E-state index is 10.1. The van der Waals surface area contributed by atoms with E-state index in [9.17, 15) is 5.11 Å². The molecule has 29 heavy (non-hydrogen) atoms. The summed E-state index contributed by atoms with van der Waals surface area (Å²) in [6.07, 6.45) is 4.67. The van der Waals surface area contributed by atoms with Crippen molar-refractivity contribution in [2.75, 3.05) is 25.0 Å². The minimum atomic E-state index is -0.260. The zero-order chi connectivity index (χ0) is 19.4. The highest BCUT2D eigenvalue weighted by Gasteiger charge is 2.38. The van der Waals surface area contributed by atoms with Gasteiger partial charge >= 0.3 is 0 Å². The lowest BCUT2D eigenvalue weighted by Crippen LogP contribution is -2.47. The van der Waals surface area contributed by atoms with E-state index < -0.39 is 0 Å². The molecule has 1 saturated carbocycles. The van der Waals surface area contributed by atoms with E-state index in [1.54, 1.807) is 6.33 Å². The van der Waals surface area contributed by atoms with Gasteiger partial charge in [-0.05, 0) is 37.3 Å². The Balaban J connectivity index is 1.39. The van der Waals surface area contributed by atoms with Crippen molar-refractivity contribution in [3.63, 3.8) is 0 Å². The van der Waals surface area contributed by atoms with E-state index in [0.717, 1.165) is 41.1 Å². The second-order valence-electron chi connectivity index (χ2n) is 8.46. The van der Waals surface area contributed by atoms with Gasteiger partial charge in [0.1, 0.15) is 30.1 Å². The molecule has 2 aromatic heterocycles. The molecule has 0 spiro atoms. The summed E-state index contributed by atoms with van der Waals surface area (Å²) in [5.41, 5.74) is 3.28. The first-order valence-corrected chi connectivity index (χ1v) is 10.5. The fraction of sp³-hybridized carbons (Fsp3) is 0.455.